The molecule has 0 amide bonds. The molecule has 1 aromatic rings. The van der Waals surface area contributed by atoms with Crippen molar-refractivity contribution in [3.8, 4) is 0 Å². The SMILES string of the molecule is CC(NC1CC=CC1)c1ccc(Br)o1. The van der Waals surface area contributed by atoms with E-state index in [1.807, 2.05) is 12.1 Å². The molecule has 0 saturated heterocycles. The summed E-state index contributed by atoms with van der Waals surface area (Å²) in [4.78, 5) is 0. The summed E-state index contributed by atoms with van der Waals surface area (Å²) >= 11 is 3.31. The van der Waals surface area contributed by atoms with Crippen molar-refractivity contribution >= 4 is 15.9 Å². The minimum atomic E-state index is 0.284. The van der Waals surface area contributed by atoms with Crippen LogP contribution in [-0.2, 0) is 0 Å². The first kappa shape index (κ1) is 9.99. The van der Waals surface area contributed by atoms with Crippen molar-refractivity contribution in [1.82, 2.24) is 5.32 Å². The minimum absolute atomic E-state index is 0.284. The molecule has 2 nitrogen and oxygen atoms in total. The van der Waals surface area contributed by atoms with Gasteiger partial charge in [-0.3, -0.25) is 0 Å². The molecule has 1 aliphatic rings. The Morgan fingerprint density at radius 1 is 1.43 bits per heavy atom. The Morgan fingerprint density at radius 2 is 2.14 bits per heavy atom. The summed E-state index contributed by atoms with van der Waals surface area (Å²) in [7, 11) is 0. The lowest BCUT2D eigenvalue weighted by atomic mass is 10.2. The lowest BCUT2D eigenvalue weighted by Gasteiger charge is -2.17. The highest BCUT2D eigenvalue weighted by Gasteiger charge is 2.16. The Labute approximate surface area is 92.5 Å². The second kappa shape index (κ2) is 4.32. The van der Waals surface area contributed by atoms with Gasteiger partial charge in [-0.15, -0.1) is 0 Å². The standard InChI is InChI=1S/C11H14BrNO/c1-8(10-6-7-11(12)14-10)13-9-4-2-3-5-9/h2-3,6-9,13H,4-5H2,1H3. The molecule has 1 atom stereocenters. The van der Waals surface area contributed by atoms with Crippen LogP contribution in [0.1, 0.15) is 31.6 Å². The van der Waals surface area contributed by atoms with Crippen LogP contribution in [-0.4, -0.2) is 6.04 Å². The number of furan rings is 1. The molecule has 1 aromatic heterocycles. The summed E-state index contributed by atoms with van der Waals surface area (Å²) in [5.74, 6) is 0.990. The first-order chi connectivity index (χ1) is 6.75. The highest BCUT2D eigenvalue weighted by atomic mass is 79.9. The minimum Gasteiger partial charge on any atom is -0.453 e. The summed E-state index contributed by atoms with van der Waals surface area (Å²) in [6.45, 7) is 2.13. The second-order valence-electron chi connectivity index (χ2n) is 3.67. The number of hydrogen-bond acceptors (Lipinski definition) is 2. The number of nitrogens with one attached hydrogen (secondary N) is 1. The maximum atomic E-state index is 5.49. The number of rotatable bonds is 3. The van der Waals surface area contributed by atoms with Crippen molar-refractivity contribution in [2.45, 2.75) is 31.8 Å². The third kappa shape index (κ3) is 2.28. The Bertz CT molecular complexity index is 324. The molecule has 0 fully saturated rings. The van der Waals surface area contributed by atoms with Crippen molar-refractivity contribution in [2.75, 3.05) is 0 Å². The molecular weight excluding hydrogens is 242 g/mol. The Balaban J connectivity index is 1.92. The second-order valence-corrected chi connectivity index (χ2v) is 4.45. The normalized spacial score (nSPS) is 19.0. The van der Waals surface area contributed by atoms with E-state index in [-0.39, 0.29) is 6.04 Å². The molecule has 0 radical (unpaired) electrons. The molecule has 0 bridgehead atoms. The van der Waals surface area contributed by atoms with E-state index >= 15 is 0 Å². The zero-order chi connectivity index (χ0) is 9.97. The van der Waals surface area contributed by atoms with Gasteiger partial charge in [-0.2, -0.15) is 0 Å². The van der Waals surface area contributed by atoms with E-state index in [0.29, 0.717) is 6.04 Å². The predicted molar refractivity (Wildman–Crippen MR) is 60.1 cm³/mol. The molecule has 1 N–H and O–H groups in total. The number of halogens is 1. The third-order valence-corrected chi connectivity index (χ3v) is 2.94. The molecule has 0 aromatic carbocycles. The third-order valence-electron chi connectivity index (χ3n) is 2.51. The molecule has 76 valence electrons. The molecule has 2 rings (SSSR count). The molecule has 0 saturated carbocycles. The predicted octanol–water partition coefficient (Wildman–Crippen LogP) is 3.41. The Kier molecular flexibility index (Phi) is 3.08. The van der Waals surface area contributed by atoms with Crippen molar-refractivity contribution in [2.24, 2.45) is 0 Å². The van der Waals surface area contributed by atoms with Gasteiger partial charge in [-0.1, -0.05) is 12.2 Å². The maximum Gasteiger partial charge on any atom is 0.169 e. The summed E-state index contributed by atoms with van der Waals surface area (Å²) in [6.07, 6.45) is 6.71. The fraction of sp³-hybridized carbons (Fsp3) is 0.455. The molecule has 0 aliphatic heterocycles. The van der Waals surface area contributed by atoms with E-state index in [0.717, 1.165) is 23.3 Å². The highest BCUT2D eigenvalue weighted by Crippen LogP contribution is 2.22. The zero-order valence-corrected chi connectivity index (χ0v) is 9.75. The van der Waals surface area contributed by atoms with E-state index in [4.69, 9.17) is 4.42 Å². The van der Waals surface area contributed by atoms with Gasteiger partial charge >= 0.3 is 0 Å². The van der Waals surface area contributed by atoms with Crippen molar-refractivity contribution in [3.63, 3.8) is 0 Å². The van der Waals surface area contributed by atoms with Crippen molar-refractivity contribution < 1.29 is 4.42 Å². The molecule has 0 spiro atoms. The van der Waals surface area contributed by atoms with E-state index < -0.39 is 0 Å². The van der Waals surface area contributed by atoms with Crippen LogP contribution in [0.15, 0.2) is 33.4 Å². The Morgan fingerprint density at radius 3 is 2.71 bits per heavy atom. The van der Waals surface area contributed by atoms with Crippen LogP contribution in [0.25, 0.3) is 0 Å². The maximum absolute atomic E-state index is 5.49. The first-order valence-corrected chi connectivity index (χ1v) is 5.71. The van der Waals surface area contributed by atoms with Gasteiger partial charge in [-0.05, 0) is 47.8 Å². The lowest BCUT2D eigenvalue weighted by Crippen LogP contribution is -2.28. The monoisotopic (exact) mass is 255 g/mol. The van der Waals surface area contributed by atoms with Crippen LogP contribution >= 0.6 is 15.9 Å². The largest absolute Gasteiger partial charge is 0.453 e. The average molecular weight is 256 g/mol. The fourth-order valence-electron chi connectivity index (χ4n) is 1.75. The van der Waals surface area contributed by atoms with Crippen LogP contribution in [0.5, 0.6) is 0 Å². The van der Waals surface area contributed by atoms with Gasteiger partial charge in [0, 0.05) is 6.04 Å². The molecule has 14 heavy (non-hydrogen) atoms. The van der Waals surface area contributed by atoms with Gasteiger partial charge in [0.25, 0.3) is 0 Å². The topological polar surface area (TPSA) is 25.2 Å². The van der Waals surface area contributed by atoms with Crippen molar-refractivity contribution in [1.29, 1.82) is 0 Å². The van der Waals surface area contributed by atoms with Gasteiger partial charge in [-0.25, -0.2) is 0 Å². The lowest BCUT2D eigenvalue weighted by molar-refractivity contribution is 0.386. The van der Waals surface area contributed by atoms with Crippen LogP contribution in [0.2, 0.25) is 0 Å². The van der Waals surface area contributed by atoms with E-state index in [1.165, 1.54) is 0 Å². The average Bonchev–Trinajstić information content (AvgIpc) is 2.75. The first-order valence-electron chi connectivity index (χ1n) is 4.92. The molecule has 3 heteroatoms. The highest BCUT2D eigenvalue weighted by molar-refractivity contribution is 9.10. The van der Waals surface area contributed by atoms with Gasteiger partial charge in [0.1, 0.15) is 5.76 Å². The van der Waals surface area contributed by atoms with Gasteiger partial charge in [0.05, 0.1) is 6.04 Å². The molecule has 1 unspecified atom stereocenters. The van der Waals surface area contributed by atoms with E-state index in [1.54, 1.807) is 0 Å². The zero-order valence-electron chi connectivity index (χ0n) is 8.16. The van der Waals surface area contributed by atoms with Crippen LogP contribution in [0.3, 0.4) is 0 Å². The smallest absolute Gasteiger partial charge is 0.169 e. The van der Waals surface area contributed by atoms with Gasteiger partial charge < -0.3 is 9.73 Å². The number of hydrogen-bond donors (Lipinski definition) is 1. The molecule has 1 aliphatic carbocycles. The summed E-state index contributed by atoms with van der Waals surface area (Å²) in [6, 6.07) is 4.80. The molecule has 1 heterocycles. The molecular formula is C11H14BrNO. The summed E-state index contributed by atoms with van der Waals surface area (Å²) in [5.41, 5.74) is 0. The van der Waals surface area contributed by atoms with Crippen LogP contribution in [0.4, 0.5) is 0 Å². The van der Waals surface area contributed by atoms with E-state index in [2.05, 4.69) is 40.3 Å². The summed E-state index contributed by atoms with van der Waals surface area (Å²) in [5, 5.41) is 3.53. The van der Waals surface area contributed by atoms with Gasteiger partial charge in [0.15, 0.2) is 4.67 Å². The fourth-order valence-corrected chi connectivity index (χ4v) is 2.07. The summed E-state index contributed by atoms with van der Waals surface area (Å²) < 4.78 is 6.29. The van der Waals surface area contributed by atoms with Gasteiger partial charge in [0.2, 0.25) is 0 Å². The Hall–Kier alpha value is -0.540. The van der Waals surface area contributed by atoms with Crippen molar-refractivity contribution in [3.05, 3.63) is 34.7 Å². The quantitative estimate of drug-likeness (QED) is 0.838. The van der Waals surface area contributed by atoms with E-state index in [9.17, 15) is 0 Å². The van der Waals surface area contributed by atoms with Crippen LogP contribution in [0, 0.1) is 0 Å². The van der Waals surface area contributed by atoms with Crippen LogP contribution < -0.4 is 5.32 Å².